The molecule has 2 rings (SSSR count). The number of nitrogens with zero attached hydrogens (tertiary/aromatic N) is 4. The first-order valence-corrected chi connectivity index (χ1v) is 5.68. The highest BCUT2D eigenvalue weighted by atomic mass is 35.5. The zero-order valence-electron chi connectivity index (χ0n) is 9.31. The molecule has 0 aliphatic rings. The third-order valence-corrected chi connectivity index (χ3v) is 2.60. The van der Waals surface area contributed by atoms with Crippen molar-refractivity contribution in [2.75, 3.05) is 0 Å². The van der Waals surface area contributed by atoms with Crippen LogP contribution in [0.25, 0.3) is 5.82 Å². The molecular weight excluding hydrogens is 224 g/mol. The summed E-state index contributed by atoms with van der Waals surface area (Å²) in [5.41, 5.74) is 2.19. The summed E-state index contributed by atoms with van der Waals surface area (Å²) in [6.45, 7) is 4.18. The second kappa shape index (κ2) is 4.61. The van der Waals surface area contributed by atoms with E-state index in [1.54, 1.807) is 6.07 Å². The van der Waals surface area contributed by atoms with E-state index in [-0.39, 0.29) is 0 Å². The first kappa shape index (κ1) is 11.1. The van der Waals surface area contributed by atoms with Crippen molar-refractivity contribution in [1.29, 1.82) is 0 Å². The van der Waals surface area contributed by atoms with Gasteiger partial charge in [0.2, 0.25) is 0 Å². The molecule has 0 atom stereocenters. The van der Waals surface area contributed by atoms with E-state index in [0.29, 0.717) is 5.15 Å². The van der Waals surface area contributed by atoms with E-state index in [9.17, 15) is 0 Å². The van der Waals surface area contributed by atoms with Crippen LogP contribution in [0.15, 0.2) is 18.5 Å². The minimum atomic E-state index is 0.431. The van der Waals surface area contributed by atoms with Gasteiger partial charge in [0.15, 0.2) is 5.82 Å². The van der Waals surface area contributed by atoms with Gasteiger partial charge < -0.3 is 0 Å². The molecule has 2 aromatic rings. The molecule has 0 fully saturated rings. The maximum atomic E-state index is 5.84. The van der Waals surface area contributed by atoms with Crippen molar-refractivity contribution in [3.05, 3.63) is 35.0 Å². The molecule has 0 unspecified atom stereocenters. The van der Waals surface area contributed by atoms with Gasteiger partial charge in [0, 0.05) is 11.8 Å². The minimum absolute atomic E-state index is 0.431. The van der Waals surface area contributed by atoms with E-state index in [2.05, 4.69) is 35.0 Å². The Bertz CT molecular complexity index is 492. The molecule has 16 heavy (non-hydrogen) atoms. The van der Waals surface area contributed by atoms with Crippen LogP contribution in [0.4, 0.5) is 0 Å². The largest absolute Gasteiger partial charge is 0.224 e. The first-order valence-electron chi connectivity index (χ1n) is 5.30. The number of hydrogen-bond acceptors (Lipinski definition) is 3. The second-order valence-corrected chi connectivity index (χ2v) is 3.83. The Hall–Kier alpha value is -1.42. The summed E-state index contributed by atoms with van der Waals surface area (Å²) in [5.74, 6) is 0.719. The standard InChI is InChI=1S/C11H13ClN4/c1-3-8-5-9(4-2)16(15-8)11-6-10(12)13-7-14-11/h5-7H,3-4H2,1-2H3. The Morgan fingerprint density at radius 3 is 2.62 bits per heavy atom. The van der Waals surface area contributed by atoms with Gasteiger partial charge in [-0.05, 0) is 18.9 Å². The molecule has 0 aliphatic heterocycles. The van der Waals surface area contributed by atoms with E-state index in [0.717, 1.165) is 30.0 Å². The Labute approximate surface area is 99.3 Å². The average molecular weight is 237 g/mol. The summed E-state index contributed by atoms with van der Waals surface area (Å²) in [6.07, 6.45) is 3.28. The molecular formula is C11H13ClN4. The van der Waals surface area contributed by atoms with Crippen LogP contribution < -0.4 is 0 Å². The van der Waals surface area contributed by atoms with Gasteiger partial charge in [-0.15, -0.1) is 0 Å². The fourth-order valence-corrected chi connectivity index (χ4v) is 1.68. The summed E-state index contributed by atoms with van der Waals surface area (Å²) >= 11 is 5.84. The van der Waals surface area contributed by atoms with Crippen LogP contribution in [0, 0.1) is 0 Å². The van der Waals surface area contributed by atoms with Gasteiger partial charge >= 0.3 is 0 Å². The molecule has 0 aromatic carbocycles. The van der Waals surface area contributed by atoms with Crippen molar-refractivity contribution < 1.29 is 0 Å². The lowest BCUT2D eigenvalue weighted by Gasteiger charge is -2.03. The average Bonchev–Trinajstić information content (AvgIpc) is 2.72. The van der Waals surface area contributed by atoms with Gasteiger partial charge in [-0.1, -0.05) is 25.4 Å². The molecule has 0 N–H and O–H groups in total. The van der Waals surface area contributed by atoms with Gasteiger partial charge in [-0.25, -0.2) is 14.6 Å². The lowest BCUT2D eigenvalue weighted by atomic mass is 10.2. The van der Waals surface area contributed by atoms with Crippen molar-refractivity contribution in [3.63, 3.8) is 0 Å². The zero-order valence-corrected chi connectivity index (χ0v) is 10.1. The molecule has 84 valence electrons. The molecule has 0 aliphatic carbocycles. The lowest BCUT2D eigenvalue weighted by molar-refractivity contribution is 0.768. The zero-order chi connectivity index (χ0) is 11.5. The van der Waals surface area contributed by atoms with E-state index >= 15 is 0 Å². The van der Waals surface area contributed by atoms with Gasteiger partial charge in [0.05, 0.1) is 5.69 Å². The predicted molar refractivity (Wildman–Crippen MR) is 62.9 cm³/mol. The molecule has 0 radical (unpaired) electrons. The highest BCUT2D eigenvalue weighted by Gasteiger charge is 2.08. The van der Waals surface area contributed by atoms with Crippen LogP contribution in [-0.2, 0) is 12.8 Å². The monoisotopic (exact) mass is 236 g/mol. The summed E-state index contributed by atoms with van der Waals surface area (Å²) in [7, 11) is 0. The molecule has 0 amide bonds. The normalized spacial score (nSPS) is 10.7. The number of rotatable bonds is 3. The summed E-state index contributed by atoms with van der Waals surface area (Å²) in [6, 6.07) is 3.81. The Morgan fingerprint density at radius 1 is 1.19 bits per heavy atom. The van der Waals surface area contributed by atoms with E-state index in [4.69, 9.17) is 11.6 Å². The van der Waals surface area contributed by atoms with Gasteiger partial charge in [0.25, 0.3) is 0 Å². The SMILES string of the molecule is CCc1cc(CC)n(-c2cc(Cl)ncn2)n1. The molecule has 0 spiro atoms. The van der Waals surface area contributed by atoms with Gasteiger partial charge in [-0.2, -0.15) is 5.10 Å². The second-order valence-electron chi connectivity index (χ2n) is 3.44. The minimum Gasteiger partial charge on any atom is -0.224 e. The molecule has 4 nitrogen and oxygen atoms in total. The summed E-state index contributed by atoms with van der Waals surface area (Å²) in [4.78, 5) is 8.03. The van der Waals surface area contributed by atoms with Gasteiger partial charge in [0.1, 0.15) is 11.5 Å². The van der Waals surface area contributed by atoms with Crippen LogP contribution in [0.3, 0.4) is 0 Å². The van der Waals surface area contributed by atoms with E-state index in [1.807, 2.05) is 4.68 Å². The molecule has 2 heterocycles. The predicted octanol–water partition coefficient (Wildman–Crippen LogP) is 2.44. The quantitative estimate of drug-likeness (QED) is 0.769. The fraction of sp³-hybridized carbons (Fsp3) is 0.364. The van der Waals surface area contributed by atoms with Gasteiger partial charge in [-0.3, -0.25) is 0 Å². The van der Waals surface area contributed by atoms with Crippen molar-refractivity contribution in [3.8, 4) is 5.82 Å². The summed E-state index contributed by atoms with van der Waals surface area (Å²) in [5, 5.41) is 4.91. The highest BCUT2D eigenvalue weighted by molar-refractivity contribution is 6.29. The molecule has 0 saturated carbocycles. The van der Waals surface area contributed by atoms with Crippen LogP contribution in [-0.4, -0.2) is 19.7 Å². The van der Waals surface area contributed by atoms with Crippen LogP contribution >= 0.6 is 11.6 Å². The highest BCUT2D eigenvalue weighted by Crippen LogP contribution is 2.14. The summed E-state index contributed by atoms with van der Waals surface area (Å²) < 4.78 is 1.83. The number of aryl methyl sites for hydroxylation is 2. The maximum Gasteiger partial charge on any atom is 0.158 e. The molecule has 5 heteroatoms. The van der Waals surface area contributed by atoms with Crippen molar-refractivity contribution >= 4 is 11.6 Å². The van der Waals surface area contributed by atoms with Crippen molar-refractivity contribution in [1.82, 2.24) is 19.7 Å². The first-order chi connectivity index (χ1) is 7.74. The van der Waals surface area contributed by atoms with Crippen LogP contribution in [0.5, 0.6) is 0 Å². The topological polar surface area (TPSA) is 43.6 Å². The maximum absolute atomic E-state index is 5.84. The third kappa shape index (κ3) is 2.07. The van der Waals surface area contributed by atoms with E-state index < -0.39 is 0 Å². The van der Waals surface area contributed by atoms with E-state index in [1.165, 1.54) is 6.33 Å². The van der Waals surface area contributed by atoms with Crippen LogP contribution in [0.2, 0.25) is 5.15 Å². The Balaban J connectivity index is 2.50. The lowest BCUT2D eigenvalue weighted by Crippen LogP contribution is -2.04. The number of halogens is 1. The third-order valence-electron chi connectivity index (χ3n) is 2.39. The molecule has 0 bridgehead atoms. The van der Waals surface area contributed by atoms with Crippen molar-refractivity contribution in [2.45, 2.75) is 26.7 Å². The molecule has 2 aromatic heterocycles. The molecule has 0 saturated heterocycles. The van der Waals surface area contributed by atoms with Crippen LogP contribution in [0.1, 0.15) is 25.2 Å². The number of hydrogen-bond donors (Lipinski definition) is 0. The smallest absolute Gasteiger partial charge is 0.158 e. The fourth-order valence-electron chi connectivity index (χ4n) is 1.54. The Kier molecular flexibility index (Phi) is 3.19. The Morgan fingerprint density at radius 2 is 2.00 bits per heavy atom. The number of aromatic nitrogens is 4. The van der Waals surface area contributed by atoms with Crippen molar-refractivity contribution in [2.24, 2.45) is 0 Å².